The standard InChI is InChI=1S/C13H21N3O4S/c1-11(13(17)18)21(19,20)16(8-7-15(2)3)10-12-5-4-6-14-9-12/h4-6,9,11H,7-8,10H2,1-3H3,(H,17,18). The lowest BCUT2D eigenvalue weighted by molar-refractivity contribution is -0.136. The molecule has 0 bridgehead atoms. The summed E-state index contributed by atoms with van der Waals surface area (Å²) in [6.07, 6.45) is 3.17. The number of likely N-dealkylation sites (N-methyl/N-ethyl adjacent to an activating group) is 1. The van der Waals surface area contributed by atoms with Crippen LogP contribution in [0.15, 0.2) is 24.5 Å². The molecule has 1 atom stereocenters. The highest BCUT2D eigenvalue weighted by Gasteiger charge is 2.33. The summed E-state index contributed by atoms with van der Waals surface area (Å²) >= 11 is 0. The molecule has 0 radical (unpaired) electrons. The van der Waals surface area contributed by atoms with E-state index < -0.39 is 21.2 Å². The molecule has 1 aromatic heterocycles. The van der Waals surface area contributed by atoms with Crippen LogP contribution in [0.4, 0.5) is 0 Å². The van der Waals surface area contributed by atoms with E-state index in [1.165, 1.54) is 11.2 Å². The van der Waals surface area contributed by atoms with Crippen LogP contribution in [-0.2, 0) is 21.4 Å². The number of hydrogen-bond donors (Lipinski definition) is 1. The Morgan fingerprint density at radius 3 is 2.52 bits per heavy atom. The predicted molar refractivity (Wildman–Crippen MR) is 79.2 cm³/mol. The van der Waals surface area contributed by atoms with Crippen molar-refractivity contribution >= 4 is 16.0 Å². The van der Waals surface area contributed by atoms with Crippen molar-refractivity contribution in [1.29, 1.82) is 0 Å². The molecule has 1 unspecified atom stereocenters. The van der Waals surface area contributed by atoms with E-state index in [1.54, 1.807) is 24.5 Å². The minimum Gasteiger partial charge on any atom is -0.480 e. The fourth-order valence-electron chi connectivity index (χ4n) is 1.65. The van der Waals surface area contributed by atoms with Gasteiger partial charge in [0.1, 0.15) is 0 Å². The van der Waals surface area contributed by atoms with Crippen molar-refractivity contribution in [3.8, 4) is 0 Å². The Morgan fingerprint density at radius 2 is 2.05 bits per heavy atom. The molecule has 7 nitrogen and oxygen atoms in total. The van der Waals surface area contributed by atoms with Crippen LogP contribution in [-0.4, -0.2) is 66.1 Å². The molecule has 0 aromatic carbocycles. The fourth-order valence-corrected chi connectivity index (χ4v) is 3.02. The van der Waals surface area contributed by atoms with Gasteiger partial charge in [0.2, 0.25) is 10.0 Å². The zero-order valence-electron chi connectivity index (χ0n) is 12.4. The van der Waals surface area contributed by atoms with Crippen LogP contribution >= 0.6 is 0 Å². The minimum atomic E-state index is -3.91. The number of pyridine rings is 1. The molecule has 0 aliphatic carbocycles. The molecule has 21 heavy (non-hydrogen) atoms. The first-order chi connectivity index (χ1) is 9.75. The normalized spacial score (nSPS) is 13.6. The van der Waals surface area contributed by atoms with Gasteiger partial charge in [-0.1, -0.05) is 6.07 Å². The molecule has 1 aromatic rings. The molecular formula is C13H21N3O4S. The molecule has 0 saturated heterocycles. The number of aromatic nitrogens is 1. The molecule has 0 aliphatic heterocycles. The highest BCUT2D eigenvalue weighted by molar-refractivity contribution is 7.90. The van der Waals surface area contributed by atoms with E-state index in [9.17, 15) is 13.2 Å². The zero-order valence-corrected chi connectivity index (χ0v) is 13.2. The second-order valence-electron chi connectivity index (χ2n) is 5.02. The maximum Gasteiger partial charge on any atom is 0.323 e. The fraction of sp³-hybridized carbons (Fsp3) is 0.538. The largest absolute Gasteiger partial charge is 0.480 e. The maximum atomic E-state index is 12.4. The number of aliphatic carboxylic acids is 1. The molecular weight excluding hydrogens is 294 g/mol. The summed E-state index contributed by atoms with van der Waals surface area (Å²) in [5, 5.41) is 7.51. The van der Waals surface area contributed by atoms with Gasteiger partial charge >= 0.3 is 5.97 Å². The van der Waals surface area contributed by atoms with Gasteiger partial charge in [-0.15, -0.1) is 0 Å². The van der Waals surface area contributed by atoms with E-state index >= 15 is 0 Å². The molecule has 1 heterocycles. The van der Waals surface area contributed by atoms with Crippen molar-refractivity contribution in [3.63, 3.8) is 0 Å². The van der Waals surface area contributed by atoms with Crippen molar-refractivity contribution in [2.75, 3.05) is 27.2 Å². The molecule has 0 amide bonds. The van der Waals surface area contributed by atoms with Crippen molar-refractivity contribution in [3.05, 3.63) is 30.1 Å². The third kappa shape index (κ3) is 5.07. The van der Waals surface area contributed by atoms with Crippen LogP contribution in [0, 0.1) is 0 Å². The number of carboxylic acid groups (broad SMARTS) is 1. The number of sulfonamides is 1. The average Bonchev–Trinajstić information content (AvgIpc) is 2.43. The first-order valence-corrected chi connectivity index (χ1v) is 8.01. The lowest BCUT2D eigenvalue weighted by atomic mass is 10.3. The summed E-state index contributed by atoms with van der Waals surface area (Å²) in [5.41, 5.74) is 0.720. The van der Waals surface area contributed by atoms with Gasteiger partial charge in [-0.05, 0) is 32.6 Å². The lowest BCUT2D eigenvalue weighted by Crippen LogP contribution is -2.43. The van der Waals surface area contributed by atoms with Gasteiger partial charge in [-0.2, -0.15) is 4.31 Å². The van der Waals surface area contributed by atoms with Crippen molar-refractivity contribution in [1.82, 2.24) is 14.2 Å². The predicted octanol–water partition coefficient (Wildman–Crippen LogP) is 0.248. The SMILES string of the molecule is CC(C(=O)O)S(=O)(=O)N(CCN(C)C)Cc1cccnc1. The van der Waals surface area contributed by atoms with Crippen molar-refractivity contribution in [2.24, 2.45) is 0 Å². The highest BCUT2D eigenvalue weighted by Crippen LogP contribution is 2.13. The Labute approximate surface area is 125 Å². The molecule has 8 heteroatoms. The first kappa shape index (κ1) is 17.5. The molecule has 0 fully saturated rings. The van der Waals surface area contributed by atoms with Gasteiger partial charge < -0.3 is 10.0 Å². The molecule has 1 rings (SSSR count). The third-order valence-electron chi connectivity index (χ3n) is 3.03. The Balaban J connectivity index is 2.99. The van der Waals surface area contributed by atoms with Crippen LogP contribution in [0.25, 0.3) is 0 Å². The van der Waals surface area contributed by atoms with Crippen LogP contribution < -0.4 is 0 Å². The number of nitrogens with zero attached hydrogens (tertiary/aromatic N) is 3. The Bertz CT molecular complexity index is 560. The van der Waals surface area contributed by atoms with Crippen LogP contribution in [0.2, 0.25) is 0 Å². The van der Waals surface area contributed by atoms with E-state index in [2.05, 4.69) is 4.98 Å². The Kier molecular flexibility index (Phi) is 6.25. The quantitative estimate of drug-likeness (QED) is 0.739. The van der Waals surface area contributed by atoms with Gasteiger partial charge in [0.25, 0.3) is 0 Å². The van der Waals surface area contributed by atoms with E-state index in [-0.39, 0.29) is 13.1 Å². The first-order valence-electron chi connectivity index (χ1n) is 6.50. The minimum absolute atomic E-state index is 0.113. The summed E-state index contributed by atoms with van der Waals surface area (Å²) in [4.78, 5) is 16.8. The van der Waals surface area contributed by atoms with Crippen LogP contribution in [0.1, 0.15) is 12.5 Å². The summed E-state index contributed by atoms with van der Waals surface area (Å²) in [6, 6.07) is 3.48. The number of carboxylic acids is 1. The van der Waals surface area contributed by atoms with E-state index in [0.717, 1.165) is 5.56 Å². The summed E-state index contributed by atoms with van der Waals surface area (Å²) < 4.78 is 26.0. The van der Waals surface area contributed by atoms with Crippen LogP contribution in [0.3, 0.4) is 0 Å². The monoisotopic (exact) mass is 315 g/mol. The summed E-state index contributed by atoms with van der Waals surface area (Å²) in [7, 11) is -0.257. The summed E-state index contributed by atoms with van der Waals surface area (Å²) in [5.74, 6) is -1.35. The average molecular weight is 315 g/mol. The second kappa shape index (κ2) is 7.48. The summed E-state index contributed by atoms with van der Waals surface area (Å²) in [6.45, 7) is 2.03. The topological polar surface area (TPSA) is 90.8 Å². The zero-order chi connectivity index (χ0) is 16.0. The van der Waals surface area contributed by atoms with Crippen LogP contribution in [0.5, 0.6) is 0 Å². The second-order valence-corrected chi connectivity index (χ2v) is 7.28. The molecule has 0 aliphatic rings. The van der Waals surface area contributed by atoms with E-state index in [1.807, 2.05) is 19.0 Å². The van der Waals surface area contributed by atoms with Gasteiger partial charge in [0, 0.05) is 32.0 Å². The van der Waals surface area contributed by atoms with Gasteiger partial charge in [-0.25, -0.2) is 8.42 Å². The smallest absolute Gasteiger partial charge is 0.323 e. The maximum absolute atomic E-state index is 12.4. The lowest BCUT2D eigenvalue weighted by Gasteiger charge is -2.25. The van der Waals surface area contributed by atoms with Gasteiger partial charge in [-0.3, -0.25) is 9.78 Å². The van der Waals surface area contributed by atoms with E-state index in [0.29, 0.717) is 6.54 Å². The molecule has 0 spiro atoms. The van der Waals surface area contributed by atoms with Crippen molar-refractivity contribution in [2.45, 2.75) is 18.7 Å². The molecule has 1 N–H and O–H groups in total. The number of rotatable bonds is 8. The highest BCUT2D eigenvalue weighted by atomic mass is 32.2. The molecule has 0 saturated carbocycles. The Hall–Kier alpha value is -1.51. The van der Waals surface area contributed by atoms with Crippen molar-refractivity contribution < 1.29 is 18.3 Å². The van der Waals surface area contributed by atoms with Gasteiger partial charge in [0.05, 0.1) is 0 Å². The molecule has 118 valence electrons. The Morgan fingerprint density at radius 1 is 1.38 bits per heavy atom. The number of hydrogen-bond acceptors (Lipinski definition) is 5. The third-order valence-corrected chi connectivity index (χ3v) is 5.16. The number of carbonyl (C=O) groups is 1. The van der Waals surface area contributed by atoms with Gasteiger partial charge in [0.15, 0.2) is 5.25 Å². The van der Waals surface area contributed by atoms with E-state index in [4.69, 9.17) is 5.11 Å².